The van der Waals surface area contributed by atoms with Crippen LogP contribution in [0.1, 0.15) is 27.6 Å². The lowest BCUT2D eigenvalue weighted by molar-refractivity contribution is -0.123. The van der Waals surface area contributed by atoms with E-state index in [4.69, 9.17) is 0 Å². The second kappa shape index (κ2) is 21.4. The average Bonchev–Trinajstić information content (AvgIpc) is 2.72. The lowest BCUT2D eigenvalue weighted by Crippen LogP contribution is -2.42. The lowest BCUT2D eigenvalue weighted by Gasteiger charge is -2.22. The van der Waals surface area contributed by atoms with Crippen LogP contribution in [-0.2, 0) is 4.79 Å². The van der Waals surface area contributed by atoms with E-state index in [0.717, 1.165) is 0 Å². The van der Waals surface area contributed by atoms with E-state index in [0.29, 0.717) is 0 Å². The maximum atomic E-state index is 12.9. The van der Waals surface area contributed by atoms with Crippen LogP contribution in [-0.4, -0.2) is 115 Å². The molecule has 0 saturated heterocycles. The van der Waals surface area contributed by atoms with Gasteiger partial charge in [-0.3, -0.25) is 14.4 Å². The fourth-order valence-electron chi connectivity index (χ4n) is 2.21. The third kappa shape index (κ3) is 11.4. The van der Waals surface area contributed by atoms with Crippen LogP contribution < -0.4 is 16.0 Å². The van der Waals surface area contributed by atoms with Gasteiger partial charge in [0, 0.05) is 3.57 Å². The van der Waals surface area contributed by atoms with Gasteiger partial charge in [0.05, 0.1) is 62.5 Å². The van der Waals surface area contributed by atoms with Crippen LogP contribution in [0.25, 0.3) is 0 Å². The van der Waals surface area contributed by atoms with Crippen molar-refractivity contribution in [3.05, 3.63) is 21.8 Å². The van der Waals surface area contributed by atoms with E-state index in [1.165, 1.54) is 6.92 Å². The molecule has 0 aromatic heterocycles. The normalized spacial score (nSPS) is 10.4. The molecular weight excluding hydrogens is 835 g/mol. The van der Waals surface area contributed by atoms with Gasteiger partial charge in [-0.15, -0.1) is 0 Å². The summed E-state index contributed by atoms with van der Waals surface area (Å²) in [6.45, 7) is -0.829. The van der Waals surface area contributed by atoms with E-state index in [9.17, 15) is 39.9 Å². The SMILES string of the molecule is C[C@H](O)C(=O)Nc1c(I)c(C(=O)NC(CO)CO)c(I)c(C(=O)NC(CO)CO)c1I.O.O.O.O.O. The highest BCUT2D eigenvalue weighted by Gasteiger charge is 2.30. The topological polar surface area (TPSA) is 346 Å². The summed E-state index contributed by atoms with van der Waals surface area (Å²) in [7, 11) is 0. The number of aliphatic hydroxyl groups is 5. The number of carbonyl (C=O) groups excluding carboxylic acids is 3. The molecule has 1 atom stereocenters. The summed E-state index contributed by atoms with van der Waals surface area (Å²) < 4.78 is 0.746. The van der Waals surface area contributed by atoms with Crippen molar-refractivity contribution in [2.24, 2.45) is 0 Å². The zero-order valence-electron chi connectivity index (χ0n) is 18.7. The summed E-state index contributed by atoms with van der Waals surface area (Å²) >= 11 is 5.41. The van der Waals surface area contributed by atoms with E-state index < -0.39 is 62.3 Å². The van der Waals surface area contributed by atoms with Gasteiger partial charge in [0.15, 0.2) is 0 Å². The summed E-state index contributed by atoms with van der Waals surface area (Å²) in [5, 5.41) is 54.0. The van der Waals surface area contributed by atoms with Crippen LogP contribution in [0.3, 0.4) is 0 Å². The molecule has 0 bridgehead atoms. The Balaban J connectivity index is -0.000000641. The number of anilines is 1. The quantitative estimate of drug-likeness (QED) is 0.105. The molecule has 0 heterocycles. The first-order valence-corrected chi connectivity index (χ1v) is 12.0. The highest BCUT2D eigenvalue weighted by molar-refractivity contribution is 14.1. The van der Waals surface area contributed by atoms with Crippen molar-refractivity contribution in [2.45, 2.75) is 25.1 Å². The van der Waals surface area contributed by atoms with Gasteiger partial charge in [-0.2, -0.15) is 0 Å². The van der Waals surface area contributed by atoms with Crippen LogP contribution in [0, 0.1) is 10.7 Å². The molecule has 19 heteroatoms. The summed E-state index contributed by atoms with van der Waals surface area (Å²) in [5.41, 5.74) is 0.116. The molecule has 1 aromatic carbocycles. The van der Waals surface area contributed by atoms with Crippen molar-refractivity contribution >= 4 is 91.2 Å². The predicted molar refractivity (Wildman–Crippen MR) is 154 cm³/mol. The number of aliphatic hydroxyl groups excluding tert-OH is 5. The Morgan fingerprint density at radius 1 is 0.694 bits per heavy atom. The zero-order chi connectivity index (χ0) is 23.9. The molecule has 1 aromatic rings. The Kier molecular flexibility index (Phi) is 26.9. The maximum absolute atomic E-state index is 12.9. The van der Waals surface area contributed by atoms with Gasteiger partial charge in [0.25, 0.3) is 17.7 Å². The number of rotatable bonds is 10. The minimum Gasteiger partial charge on any atom is -0.412 e. The summed E-state index contributed by atoms with van der Waals surface area (Å²) in [5.74, 6) is -2.18. The fourth-order valence-corrected chi connectivity index (χ4v) is 6.63. The number of amides is 3. The van der Waals surface area contributed by atoms with Gasteiger partial charge >= 0.3 is 0 Å². The largest absolute Gasteiger partial charge is 0.412 e. The highest BCUT2D eigenvalue weighted by Crippen LogP contribution is 2.36. The molecule has 214 valence electrons. The van der Waals surface area contributed by atoms with E-state index in [2.05, 4.69) is 16.0 Å². The van der Waals surface area contributed by atoms with Crippen molar-refractivity contribution < 1.29 is 67.3 Å². The molecule has 0 spiro atoms. The van der Waals surface area contributed by atoms with Crippen LogP contribution >= 0.6 is 67.8 Å². The Labute approximate surface area is 246 Å². The molecule has 0 aliphatic rings. The molecule has 18 N–H and O–H groups in total. The van der Waals surface area contributed by atoms with Crippen molar-refractivity contribution in [3.63, 3.8) is 0 Å². The van der Waals surface area contributed by atoms with E-state index >= 15 is 0 Å². The molecule has 0 saturated carbocycles. The van der Waals surface area contributed by atoms with Crippen molar-refractivity contribution in [1.82, 2.24) is 10.6 Å². The molecule has 16 nitrogen and oxygen atoms in total. The van der Waals surface area contributed by atoms with Crippen molar-refractivity contribution in [3.8, 4) is 0 Å². The van der Waals surface area contributed by atoms with E-state index in [-0.39, 0.29) is 54.9 Å². The van der Waals surface area contributed by atoms with Crippen molar-refractivity contribution in [2.75, 3.05) is 31.7 Å². The number of hydrogen-bond donors (Lipinski definition) is 8. The second-order valence-corrected chi connectivity index (χ2v) is 9.54. The van der Waals surface area contributed by atoms with Crippen LogP contribution in [0.15, 0.2) is 0 Å². The van der Waals surface area contributed by atoms with Gasteiger partial charge in [-0.25, -0.2) is 0 Å². The van der Waals surface area contributed by atoms with Crippen LogP contribution in [0.4, 0.5) is 5.69 Å². The zero-order valence-corrected chi connectivity index (χ0v) is 25.1. The minimum atomic E-state index is -1.36. The van der Waals surface area contributed by atoms with Gasteiger partial charge in [0.2, 0.25) is 0 Å². The molecule has 36 heavy (non-hydrogen) atoms. The van der Waals surface area contributed by atoms with E-state index in [1.807, 2.05) is 45.2 Å². The number of carbonyl (C=O) groups is 3. The average molecular weight is 867 g/mol. The standard InChI is InChI=1S/C17H22I3N3O8.5H2O/c1-6(28)15(29)23-14-12(19)9(16(30)21-7(2-24)3-25)11(18)10(13(14)20)17(31)22-8(4-26)5-27;;;;;/h6-8,24-28H,2-5H2,1H3,(H,21,30)(H,22,31)(H,23,29);5*1H2/t6-;;;;;/m0...../s1. The second-order valence-electron chi connectivity index (χ2n) is 6.30. The van der Waals surface area contributed by atoms with Gasteiger partial charge in [-0.05, 0) is 74.7 Å². The Bertz CT molecular complexity index is 785. The summed E-state index contributed by atoms with van der Waals surface area (Å²) in [6, 6.07) is -1.89. The number of benzene rings is 1. The lowest BCUT2D eigenvalue weighted by atomic mass is 10.1. The Morgan fingerprint density at radius 3 is 1.25 bits per heavy atom. The molecule has 3 amide bonds. The predicted octanol–water partition coefficient (Wildman–Crippen LogP) is -5.14. The first-order valence-electron chi connectivity index (χ1n) is 8.78. The third-order valence-corrected chi connectivity index (χ3v) is 7.19. The molecular formula is C17H32I3N3O13. The van der Waals surface area contributed by atoms with E-state index in [1.54, 1.807) is 22.6 Å². The maximum Gasteiger partial charge on any atom is 0.253 e. The molecule has 0 unspecified atom stereocenters. The van der Waals surface area contributed by atoms with Gasteiger partial charge in [0.1, 0.15) is 6.10 Å². The fraction of sp³-hybridized carbons (Fsp3) is 0.471. The van der Waals surface area contributed by atoms with Crippen molar-refractivity contribution in [1.29, 1.82) is 0 Å². The first kappa shape index (κ1) is 45.3. The first-order chi connectivity index (χ1) is 14.5. The number of nitrogens with one attached hydrogen (secondary N) is 3. The van der Waals surface area contributed by atoms with Crippen LogP contribution in [0.5, 0.6) is 0 Å². The molecule has 0 radical (unpaired) electrons. The Morgan fingerprint density at radius 2 is 1.00 bits per heavy atom. The minimum absolute atomic E-state index is 0. The summed E-state index contributed by atoms with van der Waals surface area (Å²) in [4.78, 5) is 37.9. The monoisotopic (exact) mass is 867 g/mol. The Hall–Kier alpha value is -0.580. The number of hydrogen-bond acceptors (Lipinski definition) is 8. The van der Waals surface area contributed by atoms with Gasteiger partial charge < -0.3 is 68.9 Å². The molecule has 1 rings (SSSR count). The number of halogens is 3. The molecule has 0 fully saturated rings. The summed E-state index contributed by atoms with van der Waals surface area (Å²) in [6.07, 6.45) is -1.36. The molecule has 0 aliphatic heterocycles. The third-order valence-electron chi connectivity index (χ3n) is 3.95. The smallest absolute Gasteiger partial charge is 0.253 e. The van der Waals surface area contributed by atoms with Gasteiger partial charge in [-0.1, -0.05) is 0 Å². The molecule has 0 aliphatic carbocycles. The van der Waals surface area contributed by atoms with Crippen LogP contribution in [0.2, 0.25) is 0 Å². The highest BCUT2D eigenvalue weighted by atomic mass is 127.